The van der Waals surface area contributed by atoms with Gasteiger partial charge in [0, 0.05) is 24.4 Å². The molecule has 0 unspecified atom stereocenters. The fourth-order valence-electron chi connectivity index (χ4n) is 1.67. The highest BCUT2D eigenvalue weighted by Gasteiger charge is 2.09. The summed E-state index contributed by atoms with van der Waals surface area (Å²) in [5.41, 5.74) is 1.58. The molecule has 102 valence electrons. The van der Waals surface area contributed by atoms with E-state index in [2.05, 4.69) is 24.1 Å². The Labute approximate surface area is 121 Å². The number of nitrogens with zero attached hydrogens (tertiary/aromatic N) is 1. The lowest BCUT2D eigenvalue weighted by atomic mass is 10.1. The van der Waals surface area contributed by atoms with Crippen molar-refractivity contribution in [1.82, 2.24) is 10.3 Å². The lowest BCUT2D eigenvalue weighted by molar-refractivity contribution is 0.582. The van der Waals surface area contributed by atoms with E-state index in [1.807, 2.05) is 5.38 Å². The molecule has 0 amide bonds. The maximum Gasteiger partial charge on any atom is 0.145 e. The van der Waals surface area contributed by atoms with Crippen LogP contribution < -0.4 is 5.32 Å². The van der Waals surface area contributed by atoms with Crippen molar-refractivity contribution in [3.05, 3.63) is 50.7 Å². The quantitative estimate of drug-likeness (QED) is 0.901. The lowest BCUT2D eigenvalue weighted by Gasteiger charge is -2.05. The Kier molecular flexibility index (Phi) is 4.91. The number of halogens is 2. The van der Waals surface area contributed by atoms with E-state index >= 15 is 0 Å². The Hall–Kier alpha value is -0.970. The van der Waals surface area contributed by atoms with Crippen LogP contribution in [-0.2, 0) is 13.0 Å². The standard InChI is InChI=1S/C14H16ClFN2S/c1-9(2)17-7-11-8-19-13(18-11)6-10-4-3-5-12(15)14(10)16/h3-5,8-9,17H,6-7H2,1-2H3. The molecule has 0 aliphatic heterocycles. The van der Waals surface area contributed by atoms with Crippen molar-refractivity contribution in [3.63, 3.8) is 0 Å². The molecule has 0 fully saturated rings. The van der Waals surface area contributed by atoms with Crippen molar-refractivity contribution in [2.45, 2.75) is 32.9 Å². The molecule has 1 aromatic carbocycles. The van der Waals surface area contributed by atoms with Gasteiger partial charge in [-0.25, -0.2) is 9.37 Å². The molecule has 0 spiro atoms. The normalized spacial score (nSPS) is 11.2. The Morgan fingerprint density at radius 1 is 1.42 bits per heavy atom. The van der Waals surface area contributed by atoms with Gasteiger partial charge in [0.1, 0.15) is 5.82 Å². The van der Waals surface area contributed by atoms with E-state index in [-0.39, 0.29) is 10.8 Å². The molecule has 1 N–H and O–H groups in total. The second kappa shape index (κ2) is 6.46. The number of aromatic nitrogens is 1. The van der Waals surface area contributed by atoms with E-state index in [1.165, 1.54) is 0 Å². The first kappa shape index (κ1) is 14.4. The van der Waals surface area contributed by atoms with Gasteiger partial charge in [-0.3, -0.25) is 0 Å². The summed E-state index contributed by atoms with van der Waals surface area (Å²) in [5.74, 6) is -0.346. The topological polar surface area (TPSA) is 24.9 Å². The van der Waals surface area contributed by atoms with Crippen molar-refractivity contribution in [1.29, 1.82) is 0 Å². The Balaban J connectivity index is 2.05. The third kappa shape index (κ3) is 4.00. The van der Waals surface area contributed by atoms with Crippen molar-refractivity contribution in [2.24, 2.45) is 0 Å². The van der Waals surface area contributed by atoms with Gasteiger partial charge in [-0.2, -0.15) is 0 Å². The number of thiazole rings is 1. The van der Waals surface area contributed by atoms with Crippen LogP contribution in [0.1, 0.15) is 30.1 Å². The molecule has 0 saturated carbocycles. The van der Waals surface area contributed by atoms with E-state index < -0.39 is 0 Å². The van der Waals surface area contributed by atoms with Crippen molar-refractivity contribution in [3.8, 4) is 0 Å². The zero-order chi connectivity index (χ0) is 13.8. The molecule has 2 aromatic rings. The molecule has 0 radical (unpaired) electrons. The monoisotopic (exact) mass is 298 g/mol. The maximum atomic E-state index is 13.8. The lowest BCUT2D eigenvalue weighted by Crippen LogP contribution is -2.21. The predicted molar refractivity (Wildman–Crippen MR) is 78.3 cm³/mol. The summed E-state index contributed by atoms with van der Waals surface area (Å²) in [7, 11) is 0. The molecular formula is C14H16ClFN2S. The average molecular weight is 299 g/mol. The van der Waals surface area contributed by atoms with Crippen molar-refractivity contribution >= 4 is 22.9 Å². The summed E-state index contributed by atoms with van der Waals surface area (Å²) in [6.07, 6.45) is 0.485. The van der Waals surface area contributed by atoms with Crippen LogP contribution in [0, 0.1) is 5.82 Å². The van der Waals surface area contributed by atoms with E-state index in [9.17, 15) is 4.39 Å². The molecule has 0 aliphatic carbocycles. The van der Waals surface area contributed by atoms with Gasteiger partial charge in [0.15, 0.2) is 0 Å². The highest BCUT2D eigenvalue weighted by Crippen LogP contribution is 2.22. The Morgan fingerprint density at radius 2 is 2.21 bits per heavy atom. The summed E-state index contributed by atoms with van der Waals surface area (Å²) in [6.45, 7) is 4.93. The van der Waals surface area contributed by atoms with E-state index in [4.69, 9.17) is 11.6 Å². The van der Waals surface area contributed by atoms with Gasteiger partial charge in [-0.1, -0.05) is 37.6 Å². The van der Waals surface area contributed by atoms with Crippen LogP contribution in [0.2, 0.25) is 5.02 Å². The molecule has 0 aliphatic rings. The molecule has 2 nitrogen and oxygen atoms in total. The fourth-order valence-corrected chi connectivity index (χ4v) is 2.68. The molecule has 2 rings (SSSR count). The maximum absolute atomic E-state index is 13.8. The number of hydrogen-bond donors (Lipinski definition) is 1. The summed E-state index contributed by atoms with van der Waals surface area (Å²) in [5, 5.41) is 6.38. The number of rotatable bonds is 5. The third-order valence-corrected chi connectivity index (χ3v) is 3.85. The van der Waals surface area contributed by atoms with Crippen LogP contribution in [0.4, 0.5) is 4.39 Å². The Bertz CT molecular complexity index is 554. The van der Waals surface area contributed by atoms with Gasteiger partial charge in [0.05, 0.1) is 15.7 Å². The largest absolute Gasteiger partial charge is 0.309 e. The van der Waals surface area contributed by atoms with E-state index in [0.717, 1.165) is 17.2 Å². The minimum Gasteiger partial charge on any atom is -0.309 e. The zero-order valence-corrected chi connectivity index (χ0v) is 12.5. The average Bonchev–Trinajstić information content (AvgIpc) is 2.80. The number of nitrogens with one attached hydrogen (secondary N) is 1. The van der Waals surface area contributed by atoms with Gasteiger partial charge < -0.3 is 5.32 Å². The van der Waals surface area contributed by atoms with Crippen LogP contribution in [0.15, 0.2) is 23.6 Å². The minimum absolute atomic E-state index is 0.163. The third-order valence-electron chi connectivity index (χ3n) is 2.66. The molecule has 5 heteroatoms. The summed E-state index contributed by atoms with van der Waals surface area (Å²) < 4.78 is 13.8. The molecule has 0 atom stereocenters. The predicted octanol–water partition coefficient (Wildman–Crippen LogP) is 4.02. The molecule has 19 heavy (non-hydrogen) atoms. The van der Waals surface area contributed by atoms with Crippen LogP contribution in [-0.4, -0.2) is 11.0 Å². The summed E-state index contributed by atoms with van der Waals surface area (Å²) >= 11 is 7.32. The first-order chi connectivity index (χ1) is 9.06. The van der Waals surface area contributed by atoms with Crippen LogP contribution in [0.25, 0.3) is 0 Å². The SMILES string of the molecule is CC(C)NCc1csc(Cc2cccc(Cl)c2F)n1. The van der Waals surface area contributed by atoms with Gasteiger partial charge in [-0.15, -0.1) is 11.3 Å². The molecule has 1 aromatic heterocycles. The van der Waals surface area contributed by atoms with Crippen molar-refractivity contribution in [2.75, 3.05) is 0 Å². The number of hydrogen-bond acceptors (Lipinski definition) is 3. The zero-order valence-electron chi connectivity index (χ0n) is 10.9. The van der Waals surface area contributed by atoms with Gasteiger partial charge >= 0.3 is 0 Å². The van der Waals surface area contributed by atoms with Gasteiger partial charge in [0.25, 0.3) is 0 Å². The Morgan fingerprint density at radius 3 is 2.95 bits per heavy atom. The van der Waals surface area contributed by atoms with Crippen molar-refractivity contribution < 1.29 is 4.39 Å². The molecule has 0 bridgehead atoms. The van der Waals surface area contributed by atoms with E-state index in [1.54, 1.807) is 29.5 Å². The van der Waals surface area contributed by atoms with Crippen LogP contribution in [0.5, 0.6) is 0 Å². The fraction of sp³-hybridized carbons (Fsp3) is 0.357. The number of benzene rings is 1. The van der Waals surface area contributed by atoms with Crippen LogP contribution in [0.3, 0.4) is 0 Å². The van der Waals surface area contributed by atoms with E-state index in [0.29, 0.717) is 18.0 Å². The highest BCUT2D eigenvalue weighted by molar-refractivity contribution is 7.09. The van der Waals surface area contributed by atoms with Crippen LogP contribution >= 0.6 is 22.9 Å². The van der Waals surface area contributed by atoms with Gasteiger partial charge in [-0.05, 0) is 11.6 Å². The first-order valence-corrected chi connectivity index (χ1v) is 7.41. The minimum atomic E-state index is -0.346. The second-order valence-corrected chi connectivity index (χ2v) is 6.01. The smallest absolute Gasteiger partial charge is 0.145 e. The molecule has 0 saturated heterocycles. The summed E-state index contributed by atoms with van der Waals surface area (Å²) in [6, 6.07) is 5.49. The first-order valence-electron chi connectivity index (χ1n) is 6.16. The molecular weight excluding hydrogens is 283 g/mol. The molecule has 1 heterocycles. The summed E-state index contributed by atoms with van der Waals surface area (Å²) in [4.78, 5) is 4.49. The second-order valence-electron chi connectivity index (χ2n) is 4.66. The van der Waals surface area contributed by atoms with Gasteiger partial charge in [0.2, 0.25) is 0 Å². The highest BCUT2D eigenvalue weighted by atomic mass is 35.5.